The Labute approximate surface area is 74.9 Å². The fourth-order valence-electron chi connectivity index (χ4n) is 1.78. The molecule has 2 nitrogen and oxygen atoms in total. The smallest absolute Gasteiger partial charge is 0.122 e. The Hall–Kier alpha value is 0.210. The van der Waals surface area contributed by atoms with Crippen molar-refractivity contribution in [2.45, 2.75) is 51.6 Å². The van der Waals surface area contributed by atoms with Gasteiger partial charge in [0.2, 0.25) is 0 Å². The van der Waals surface area contributed by atoms with Crippen molar-refractivity contribution >= 4 is 0 Å². The van der Waals surface area contributed by atoms with E-state index in [1.807, 2.05) is 0 Å². The van der Waals surface area contributed by atoms with Gasteiger partial charge in [-0.25, -0.2) is 5.21 Å². The van der Waals surface area contributed by atoms with Gasteiger partial charge in [-0.05, 0) is 27.7 Å². The number of halogens is 1. The summed E-state index contributed by atoms with van der Waals surface area (Å²) < 4.78 is 0. The Balaban J connectivity index is 0.000001000. The van der Waals surface area contributed by atoms with Crippen LogP contribution in [0.2, 0.25) is 0 Å². The molecule has 1 rings (SSSR count). The lowest BCUT2D eigenvalue weighted by Gasteiger charge is -2.29. The molecule has 1 heterocycles. The zero-order chi connectivity index (χ0) is 7.99. The topological polar surface area (TPSA) is 24.7 Å². The van der Waals surface area contributed by atoms with E-state index in [4.69, 9.17) is 0 Å². The van der Waals surface area contributed by atoms with Gasteiger partial charge >= 0.3 is 0 Å². The molecule has 0 saturated carbocycles. The summed E-state index contributed by atoms with van der Waals surface area (Å²) in [6, 6.07) is 0. The molecule has 0 aromatic carbocycles. The number of rotatable bonds is 0. The van der Waals surface area contributed by atoms with Gasteiger partial charge in [0.25, 0.3) is 0 Å². The van der Waals surface area contributed by atoms with Gasteiger partial charge in [0, 0.05) is 12.8 Å². The maximum absolute atomic E-state index is 9.70. The van der Waals surface area contributed by atoms with E-state index in [1.165, 1.54) is 0 Å². The van der Waals surface area contributed by atoms with Crippen molar-refractivity contribution in [2.75, 3.05) is 0 Å². The molecule has 1 aliphatic heterocycles. The van der Waals surface area contributed by atoms with E-state index < -0.39 is 0 Å². The molecule has 1 saturated heterocycles. The number of hydroxylamine groups is 2. The standard InChI is InChI=1S/C8H17NO.ClH/c1-7(2)5-6-8(3,4)9(7)10;/h10H,5-6H2,1-4H3;1H. The lowest BCUT2D eigenvalue weighted by atomic mass is 10.0. The largest absolute Gasteiger partial charge is 1.00 e. The first-order chi connectivity index (χ1) is 4.36. The third-order valence-electron chi connectivity index (χ3n) is 2.66. The van der Waals surface area contributed by atoms with Gasteiger partial charge < -0.3 is 12.4 Å². The summed E-state index contributed by atoms with van der Waals surface area (Å²) in [5, 5.41) is 10.4. The van der Waals surface area contributed by atoms with Gasteiger partial charge in [0.15, 0.2) is 0 Å². The van der Waals surface area contributed by atoms with Crippen molar-refractivity contribution in [3.63, 3.8) is 0 Å². The van der Waals surface area contributed by atoms with Crippen LogP contribution in [0.1, 0.15) is 40.5 Å². The van der Waals surface area contributed by atoms with Crippen LogP contribution >= 0.6 is 0 Å². The Morgan fingerprint density at radius 3 is 1.36 bits per heavy atom. The minimum Gasteiger partial charge on any atom is -1.00 e. The van der Waals surface area contributed by atoms with Crippen molar-refractivity contribution in [1.29, 1.82) is 0 Å². The van der Waals surface area contributed by atoms with E-state index >= 15 is 0 Å². The van der Waals surface area contributed by atoms with Crippen molar-refractivity contribution in [3.05, 3.63) is 0 Å². The SMILES string of the molecule is CC1(C)CCC(C)(C)[NH+]1O.[Cl-]. The van der Waals surface area contributed by atoms with E-state index in [-0.39, 0.29) is 23.5 Å². The van der Waals surface area contributed by atoms with Gasteiger partial charge in [-0.3, -0.25) is 0 Å². The van der Waals surface area contributed by atoms with Crippen molar-refractivity contribution in [2.24, 2.45) is 0 Å². The lowest BCUT2D eigenvalue weighted by Crippen LogP contribution is -3.21. The molecule has 0 bridgehead atoms. The second-order valence-electron chi connectivity index (χ2n) is 4.62. The molecule has 0 atom stereocenters. The minimum absolute atomic E-state index is 0. The molecule has 0 aliphatic carbocycles. The summed E-state index contributed by atoms with van der Waals surface area (Å²) in [5.41, 5.74) is 0.118. The van der Waals surface area contributed by atoms with Crippen LogP contribution in [0.15, 0.2) is 0 Å². The van der Waals surface area contributed by atoms with E-state index in [2.05, 4.69) is 27.7 Å². The average Bonchev–Trinajstić information content (AvgIpc) is 1.95. The fourth-order valence-corrected chi connectivity index (χ4v) is 1.78. The van der Waals surface area contributed by atoms with E-state index in [0.29, 0.717) is 5.06 Å². The molecule has 3 heteroatoms. The number of hydrogen-bond donors (Lipinski definition) is 2. The molecular formula is C8H18ClNO. The highest BCUT2D eigenvalue weighted by Crippen LogP contribution is 2.22. The van der Waals surface area contributed by atoms with E-state index in [9.17, 15) is 5.21 Å². The normalized spacial score (nSPS) is 28.1. The molecule has 0 unspecified atom stereocenters. The molecule has 0 spiro atoms. The van der Waals surface area contributed by atoms with Crippen molar-refractivity contribution in [3.8, 4) is 0 Å². The van der Waals surface area contributed by atoms with Crippen LogP contribution in [0.5, 0.6) is 0 Å². The predicted octanol–water partition coefficient (Wildman–Crippen LogP) is -2.38. The van der Waals surface area contributed by atoms with Gasteiger partial charge in [0.05, 0.1) is 0 Å². The monoisotopic (exact) mass is 179 g/mol. The highest BCUT2D eigenvalue weighted by atomic mass is 35.5. The maximum Gasteiger partial charge on any atom is 0.122 e. The fraction of sp³-hybridized carbons (Fsp3) is 1.00. The molecule has 0 amide bonds. The summed E-state index contributed by atoms with van der Waals surface area (Å²) in [4.78, 5) is 0. The first kappa shape index (κ1) is 11.2. The summed E-state index contributed by atoms with van der Waals surface area (Å²) in [7, 11) is 0. The first-order valence-electron chi connectivity index (χ1n) is 3.93. The quantitative estimate of drug-likeness (QED) is 0.427. The Kier molecular flexibility index (Phi) is 2.98. The Morgan fingerprint density at radius 1 is 1.00 bits per heavy atom. The molecular weight excluding hydrogens is 162 g/mol. The highest BCUT2D eigenvalue weighted by Gasteiger charge is 2.48. The summed E-state index contributed by atoms with van der Waals surface area (Å²) in [5.74, 6) is 0. The van der Waals surface area contributed by atoms with Gasteiger partial charge in [0.1, 0.15) is 11.1 Å². The Morgan fingerprint density at radius 2 is 1.27 bits per heavy atom. The average molecular weight is 180 g/mol. The van der Waals surface area contributed by atoms with Crippen LogP contribution < -0.4 is 17.5 Å². The molecule has 0 aromatic heterocycles. The van der Waals surface area contributed by atoms with Crippen molar-refractivity contribution in [1.82, 2.24) is 0 Å². The van der Waals surface area contributed by atoms with Crippen LogP contribution in [0, 0.1) is 0 Å². The van der Waals surface area contributed by atoms with Gasteiger partial charge in [-0.2, -0.15) is 5.06 Å². The Bertz CT molecular complexity index is 129. The van der Waals surface area contributed by atoms with Gasteiger partial charge in [-0.15, -0.1) is 0 Å². The molecule has 11 heavy (non-hydrogen) atoms. The van der Waals surface area contributed by atoms with Crippen LogP contribution in [0.4, 0.5) is 0 Å². The van der Waals surface area contributed by atoms with E-state index in [0.717, 1.165) is 12.8 Å². The molecule has 0 radical (unpaired) electrons. The van der Waals surface area contributed by atoms with Crippen LogP contribution in [-0.4, -0.2) is 16.3 Å². The van der Waals surface area contributed by atoms with Crippen LogP contribution in [-0.2, 0) is 0 Å². The summed E-state index contributed by atoms with van der Waals surface area (Å²) >= 11 is 0. The number of hydrogen-bond acceptors (Lipinski definition) is 1. The second kappa shape index (κ2) is 2.92. The predicted molar refractivity (Wildman–Crippen MR) is 40.1 cm³/mol. The number of nitrogens with one attached hydrogen (secondary N) is 1. The lowest BCUT2D eigenvalue weighted by molar-refractivity contribution is -1.15. The molecule has 0 aromatic rings. The first-order valence-corrected chi connectivity index (χ1v) is 3.93. The van der Waals surface area contributed by atoms with E-state index in [1.54, 1.807) is 0 Å². The maximum atomic E-state index is 9.70. The van der Waals surface area contributed by atoms with Crippen LogP contribution in [0.3, 0.4) is 0 Å². The highest BCUT2D eigenvalue weighted by molar-refractivity contribution is 4.81. The molecule has 68 valence electrons. The van der Waals surface area contributed by atoms with Crippen molar-refractivity contribution < 1.29 is 22.7 Å². The zero-order valence-electron chi connectivity index (χ0n) is 7.74. The van der Waals surface area contributed by atoms with Crippen LogP contribution in [0.25, 0.3) is 0 Å². The molecule has 1 fully saturated rings. The zero-order valence-corrected chi connectivity index (χ0v) is 8.50. The number of quaternary nitrogens is 1. The third kappa shape index (κ3) is 1.86. The molecule has 1 aliphatic rings. The summed E-state index contributed by atoms with van der Waals surface area (Å²) in [6.07, 6.45) is 2.23. The minimum atomic E-state index is 0. The molecule has 2 N–H and O–H groups in total. The third-order valence-corrected chi connectivity index (χ3v) is 2.66. The second-order valence-corrected chi connectivity index (χ2v) is 4.62. The summed E-state index contributed by atoms with van der Waals surface area (Å²) in [6.45, 7) is 8.43. The van der Waals surface area contributed by atoms with Gasteiger partial charge in [-0.1, -0.05) is 0 Å².